The third-order valence-corrected chi connectivity index (χ3v) is 5.76. The first-order valence-corrected chi connectivity index (χ1v) is 9.37. The summed E-state index contributed by atoms with van der Waals surface area (Å²) >= 11 is 0. The van der Waals surface area contributed by atoms with Crippen LogP contribution in [-0.2, 0) is 19.4 Å². The van der Waals surface area contributed by atoms with Gasteiger partial charge in [-0.05, 0) is 43.5 Å². The van der Waals surface area contributed by atoms with E-state index in [9.17, 15) is 23.1 Å². The summed E-state index contributed by atoms with van der Waals surface area (Å²) in [4.78, 5) is 25.3. The van der Waals surface area contributed by atoms with Gasteiger partial charge in [-0.1, -0.05) is 0 Å². The molecule has 1 fully saturated rings. The van der Waals surface area contributed by atoms with Crippen LogP contribution in [0.3, 0.4) is 0 Å². The predicted octanol–water partition coefficient (Wildman–Crippen LogP) is 1.19. The Balaban J connectivity index is 2.18. The molecule has 0 aliphatic carbocycles. The van der Waals surface area contributed by atoms with Crippen molar-refractivity contribution in [1.29, 1.82) is 0 Å². The van der Waals surface area contributed by atoms with Gasteiger partial charge < -0.3 is 14.7 Å². The van der Waals surface area contributed by atoms with Gasteiger partial charge in [-0.15, -0.1) is 0 Å². The molecule has 0 bridgehead atoms. The van der Waals surface area contributed by atoms with Crippen LogP contribution in [0.15, 0.2) is 29.2 Å². The Morgan fingerprint density at radius 3 is 2.50 bits per heavy atom. The lowest BCUT2D eigenvalue weighted by atomic mass is 10.0. The Morgan fingerprint density at radius 2 is 1.92 bits per heavy atom. The van der Waals surface area contributed by atoms with Gasteiger partial charge >= 0.3 is 5.97 Å². The molecule has 0 radical (unpaired) electrons. The predicted molar refractivity (Wildman–Crippen MR) is 86.7 cm³/mol. The number of hydrogen-bond acceptors (Lipinski definition) is 5. The van der Waals surface area contributed by atoms with Gasteiger partial charge in [-0.25, -0.2) is 13.2 Å². The molecule has 1 aliphatic heterocycles. The topological polar surface area (TPSA) is 101 Å². The molecular formula is C16H21NO6S. The van der Waals surface area contributed by atoms with Crippen LogP contribution in [0.1, 0.15) is 29.6 Å². The molecule has 7 nitrogen and oxygen atoms in total. The zero-order valence-electron chi connectivity index (χ0n) is 13.5. The van der Waals surface area contributed by atoms with Crippen LogP contribution in [0.5, 0.6) is 0 Å². The number of nitrogens with zero attached hydrogens (tertiary/aromatic N) is 1. The van der Waals surface area contributed by atoms with Gasteiger partial charge in [0.15, 0.2) is 9.84 Å². The maximum atomic E-state index is 12.5. The Labute approximate surface area is 141 Å². The van der Waals surface area contributed by atoms with Crippen LogP contribution < -0.4 is 0 Å². The summed E-state index contributed by atoms with van der Waals surface area (Å²) in [5.41, 5.74) is 0.286. The zero-order valence-corrected chi connectivity index (χ0v) is 14.3. The lowest BCUT2D eigenvalue weighted by Crippen LogP contribution is -2.47. The smallest absolute Gasteiger partial charge is 0.326 e. The number of piperidine rings is 1. The van der Waals surface area contributed by atoms with Gasteiger partial charge in [0.1, 0.15) is 6.04 Å². The number of rotatable bonds is 6. The van der Waals surface area contributed by atoms with Gasteiger partial charge in [-0.3, -0.25) is 4.79 Å². The van der Waals surface area contributed by atoms with Crippen LogP contribution >= 0.6 is 0 Å². The number of ether oxygens (including phenoxy) is 1. The minimum atomic E-state index is -3.46. The summed E-state index contributed by atoms with van der Waals surface area (Å²) in [6, 6.07) is 4.78. The highest BCUT2D eigenvalue weighted by Gasteiger charge is 2.32. The molecule has 8 heteroatoms. The number of carboxylic acid groups (broad SMARTS) is 1. The molecule has 1 amide bonds. The van der Waals surface area contributed by atoms with E-state index in [2.05, 4.69) is 0 Å². The first-order chi connectivity index (χ1) is 11.4. The fourth-order valence-corrected chi connectivity index (χ4v) is 3.89. The van der Waals surface area contributed by atoms with Gasteiger partial charge in [0, 0.05) is 19.2 Å². The number of benzene rings is 1. The molecule has 0 saturated carbocycles. The molecule has 1 atom stereocenters. The van der Waals surface area contributed by atoms with Crippen molar-refractivity contribution >= 4 is 21.7 Å². The number of sulfone groups is 1. The van der Waals surface area contributed by atoms with Crippen LogP contribution in [-0.4, -0.2) is 62.4 Å². The minimum absolute atomic E-state index is 0.0943. The van der Waals surface area contributed by atoms with Crippen molar-refractivity contribution in [2.45, 2.75) is 30.2 Å². The van der Waals surface area contributed by atoms with Crippen molar-refractivity contribution in [3.63, 3.8) is 0 Å². The average molecular weight is 355 g/mol. The molecule has 132 valence electrons. The van der Waals surface area contributed by atoms with Crippen LogP contribution in [0, 0.1) is 0 Å². The largest absolute Gasteiger partial charge is 0.480 e. The second-order valence-corrected chi connectivity index (χ2v) is 7.79. The highest BCUT2D eigenvalue weighted by Crippen LogP contribution is 2.21. The van der Waals surface area contributed by atoms with E-state index in [1.807, 2.05) is 0 Å². The second-order valence-electron chi connectivity index (χ2n) is 5.68. The van der Waals surface area contributed by atoms with E-state index in [-0.39, 0.29) is 28.7 Å². The molecule has 0 unspecified atom stereocenters. The lowest BCUT2D eigenvalue weighted by Gasteiger charge is -2.33. The van der Waals surface area contributed by atoms with Crippen LogP contribution in [0.4, 0.5) is 0 Å². The molecule has 2 rings (SSSR count). The van der Waals surface area contributed by atoms with Crippen LogP contribution in [0.25, 0.3) is 0 Å². The molecule has 0 spiro atoms. The fourth-order valence-electron chi connectivity index (χ4n) is 2.71. The van der Waals surface area contributed by atoms with E-state index in [1.165, 1.54) is 36.3 Å². The average Bonchev–Trinajstić information content (AvgIpc) is 2.59. The van der Waals surface area contributed by atoms with E-state index in [0.29, 0.717) is 13.0 Å². The zero-order chi connectivity index (χ0) is 17.7. The fraction of sp³-hybridized carbons (Fsp3) is 0.500. The number of likely N-dealkylation sites (tertiary alicyclic amines) is 1. The Kier molecular flexibility index (Phi) is 5.95. The van der Waals surface area contributed by atoms with Gasteiger partial charge in [0.2, 0.25) is 0 Å². The third-order valence-electron chi connectivity index (χ3n) is 4.07. The number of carboxylic acids is 1. The second kappa shape index (κ2) is 7.76. The van der Waals surface area contributed by atoms with Crippen molar-refractivity contribution in [3.8, 4) is 0 Å². The van der Waals surface area contributed by atoms with E-state index >= 15 is 0 Å². The number of amides is 1. The van der Waals surface area contributed by atoms with Gasteiger partial charge in [-0.2, -0.15) is 0 Å². The monoisotopic (exact) mass is 355 g/mol. The number of hydrogen-bond donors (Lipinski definition) is 1. The number of methoxy groups -OCH3 is 1. The summed E-state index contributed by atoms with van der Waals surface area (Å²) in [6.45, 7) is 0.487. The molecular weight excluding hydrogens is 334 g/mol. The first kappa shape index (κ1) is 18.4. The van der Waals surface area contributed by atoms with E-state index in [1.54, 1.807) is 0 Å². The van der Waals surface area contributed by atoms with Crippen molar-refractivity contribution < 1.29 is 27.9 Å². The SMILES string of the molecule is COCCS(=O)(=O)c1ccc(C(=O)N2CCCC[C@@H]2C(=O)O)cc1. The minimum Gasteiger partial charge on any atom is -0.480 e. The van der Waals surface area contributed by atoms with E-state index in [0.717, 1.165) is 12.8 Å². The Bertz CT molecular complexity index is 698. The Hall–Kier alpha value is -1.93. The van der Waals surface area contributed by atoms with E-state index in [4.69, 9.17) is 4.74 Å². The van der Waals surface area contributed by atoms with Crippen molar-refractivity contribution in [2.24, 2.45) is 0 Å². The quantitative estimate of drug-likeness (QED) is 0.822. The molecule has 1 aliphatic rings. The standard InChI is InChI=1S/C16H21NO6S/c1-23-10-11-24(21,22)13-7-5-12(6-8-13)15(18)17-9-3-2-4-14(17)16(19)20/h5-8,14H,2-4,9-11H2,1H3,(H,19,20)/t14-/m1/s1. The number of aliphatic carboxylic acids is 1. The maximum absolute atomic E-state index is 12.5. The lowest BCUT2D eigenvalue weighted by molar-refractivity contribution is -0.143. The third kappa shape index (κ3) is 4.12. The summed E-state index contributed by atoms with van der Waals surface area (Å²) < 4.78 is 28.9. The number of carbonyl (C=O) groups excluding carboxylic acids is 1. The maximum Gasteiger partial charge on any atom is 0.326 e. The highest BCUT2D eigenvalue weighted by atomic mass is 32.2. The molecule has 1 aromatic rings. The molecule has 0 aromatic heterocycles. The van der Waals surface area contributed by atoms with Gasteiger partial charge in [0.05, 0.1) is 17.3 Å². The molecule has 1 aromatic carbocycles. The summed E-state index contributed by atoms with van der Waals surface area (Å²) in [6.07, 6.45) is 1.97. The van der Waals surface area contributed by atoms with E-state index < -0.39 is 21.8 Å². The normalized spacial score (nSPS) is 18.4. The van der Waals surface area contributed by atoms with Gasteiger partial charge in [0.25, 0.3) is 5.91 Å². The molecule has 24 heavy (non-hydrogen) atoms. The molecule has 1 heterocycles. The summed E-state index contributed by atoms with van der Waals surface area (Å²) in [5.74, 6) is -1.53. The van der Waals surface area contributed by atoms with Crippen molar-refractivity contribution in [3.05, 3.63) is 29.8 Å². The number of carbonyl (C=O) groups is 2. The first-order valence-electron chi connectivity index (χ1n) is 7.72. The molecule has 1 saturated heterocycles. The Morgan fingerprint density at radius 1 is 1.25 bits per heavy atom. The van der Waals surface area contributed by atoms with Crippen molar-refractivity contribution in [1.82, 2.24) is 4.90 Å². The summed E-state index contributed by atoms with van der Waals surface area (Å²) in [5, 5.41) is 9.25. The van der Waals surface area contributed by atoms with Crippen LogP contribution in [0.2, 0.25) is 0 Å². The van der Waals surface area contributed by atoms with Crippen molar-refractivity contribution in [2.75, 3.05) is 26.0 Å². The highest BCUT2D eigenvalue weighted by molar-refractivity contribution is 7.91. The molecule has 1 N–H and O–H groups in total. The summed E-state index contributed by atoms with van der Waals surface area (Å²) in [7, 11) is -2.03.